The summed E-state index contributed by atoms with van der Waals surface area (Å²) in [6.07, 6.45) is 11.9. The number of hydrogen-bond acceptors (Lipinski definition) is 0. The van der Waals surface area contributed by atoms with Crippen molar-refractivity contribution in [1.82, 2.24) is 0 Å². The molecule has 15 heavy (non-hydrogen) atoms. The van der Waals surface area contributed by atoms with Crippen LogP contribution in [0.3, 0.4) is 0 Å². The lowest BCUT2D eigenvalue weighted by atomic mass is 10.1. The highest BCUT2D eigenvalue weighted by Gasteiger charge is 2.16. The highest BCUT2D eigenvalue weighted by Crippen LogP contribution is 2.15. The Hall–Kier alpha value is 0.651. The Labute approximate surface area is 103 Å². The van der Waals surface area contributed by atoms with Gasteiger partial charge in [-0.05, 0) is 9.76 Å². The van der Waals surface area contributed by atoms with Gasteiger partial charge in [0.2, 0.25) is 0 Å². The highest BCUT2D eigenvalue weighted by molar-refractivity contribution is 7.39. The van der Waals surface area contributed by atoms with Crippen LogP contribution in [-0.2, 0) is 0 Å². The van der Waals surface area contributed by atoms with Gasteiger partial charge in [0.15, 0.2) is 0 Å². The minimum Gasteiger partial charge on any atom is -0.0720 e. The molecule has 0 amide bonds. The van der Waals surface area contributed by atoms with Gasteiger partial charge in [0.1, 0.15) is 0 Å². The molecule has 0 bridgehead atoms. The lowest BCUT2D eigenvalue weighted by Gasteiger charge is -2.19. The van der Waals surface area contributed by atoms with E-state index < -0.39 is 7.59 Å². The standard InChI is InChI=1S/C12H32Si3/c1-4-5-6-7-8-9-10-11-12-15(2,3)14-13/h4-12,14H2,1-3,13H3. The van der Waals surface area contributed by atoms with Gasteiger partial charge in [0.25, 0.3) is 0 Å². The fourth-order valence-electron chi connectivity index (χ4n) is 1.91. The number of rotatable bonds is 10. The third kappa shape index (κ3) is 10.9. The predicted octanol–water partition coefficient (Wildman–Crippen LogP) is 2.78. The first-order valence-electron chi connectivity index (χ1n) is 7.12. The molecule has 0 N–H and O–H groups in total. The SMILES string of the molecule is CCCCCCCCCC[Si](C)(C)[SiH2][SiH3]. The van der Waals surface area contributed by atoms with Crippen LogP contribution < -0.4 is 0 Å². The summed E-state index contributed by atoms with van der Waals surface area (Å²) in [5.41, 5.74) is 0. The Kier molecular flexibility index (Phi) is 10.3. The van der Waals surface area contributed by atoms with Crippen molar-refractivity contribution in [2.75, 3.05) is 0 Å². The van der Waals surface area contributed by atoms with Crippen molar-refractivity contribution < 1.29 is 0 Å². The van der Waals surface area contributed by atoms with E-state index in [-0.39, 0.29) is 0 Å². The fraction of sp³-hybridized carbons (Fsp3) is 1.00. The highest BCUT2D eigenvalue weighted by atomic mass is 29.5. The van der Waals surface area contributed by atoms with Crippen LogP contribution in [0.1, 0.15) is 58.3 Å². The van der Waals surface area contributed by atoms with Gasteiger partial charge in [-0.3, -0.25) is 0 Å². The van der Waals surface area contributed by atoms with E-state index in [1.165, 1.54) is 44.9 Å². The van der Waals surface area contributed by atoms with Crippen LogP contribution in [-0.4, -0.2) is 25.9 Å². The van der Waals surface area contributed by atoms with Gasteiger partial charge in [0.05, 0.1) is 0 Å². The van der Waals surface area contributed by atoms with E-state index in [1.54, 1.807) is 22.2 Å². The van der Waals surface area contributed by atoms with Crippen molar-refractivity contribution in [1.29, 1.82) is 0 Å². The number of unbranched alkanes of at least 4 members (excludes halogenated alkanes) is 7. The molecule has 0 radical (unpaired) electrons. The topological polar surface area (TPSA) is 0 Å². The first-order valence-corrected chi connectivity index (χ1v) is 18.3. The smallest absolute Gasteiger partial charge is 0.0306 e. The first-order chi connectivity index (χ1) is 7.12. The zero-order valence-electron chi connectivity index (χ0n) is 11.6. The largest absolute Gasteiger partial charge is 0.0720 e. The molecule has 0 aromatic heterocycles. The summed E-state index contributed by atoms with van der Waals surface area (Å²) in [6, 6.07) is 1.65. The fourth-order valence-corrected chi connectivity index (χ4v) is 8.47. The first kappa shape index (κ1) is 15.7. The molecule has 0 unspecified atom stereocenters. The average molecular weight is 261 g/mol. The van der Waals surface area contributed by atoms with Crippen LogP contribution in [0.4, 0.5) is 0 Å². The second-order valence-electron chi connectivity index (χ2n) is 5.74. The molecule has 0 aliphatic heterocycles. The second kappa shape index (κ2) is 9.85. The summed E-state index contributed by atoms with van der Waals surface area (Å²) in [5, 5.41) is 0. The zero-order valence-corrected chi connectivity index (χ0v) is 16.0. The van der Waals surface area contributed by atoms with Gasteiger partial charge in [-0.15, -0.1) is 0 Å². The van der Waals surface area contributed by atoms with Crippen LogP contribution in [0.15, 0.2) is 0 Å². The summed E-state index contributed by atoms with van der Waals surface area (Å²) in [5.74, 6) is 0. The molecule has 0 atom stereocenters. The lowest BCUT2D eigenvalue weighted by Crippen LogP contribution is -2.34. The van der Waals surface area contributed by atoms with Gasteiger partial charge >= 0.3 is 0 Å². The molecule has 0 nitrogen and oxygen atoms in total. The third-order valence-electron chi connectivity index (χ3n) is 3.66. The van der Waals surface area contributed by atoms with Crippen molar-refractivity contribution >= 4 is 25.9 Å². The van der Waals surface area contributed by atoms with Crippen molar-refractivity contribution in [2.45, 2.75) is 77.4 Å². The van der Waals surface area contributed by atoms with Crippen LogP contribution in [0.2, 0.25) is 19.1 Å². The van der Waals surface area contributed by atoms with Crippen LogP contribution in [0.25, 0.3) is 0 Å². The minimum atomic E-state index is -0.558. The van der Waals surface area contributed by atoms with E-state index in [1.807, 2.05) is 0 Å². The molecule has 0 heterocycles. The third-order valence-corrected chi connectivity index (χ3v) is 31.3. The molecular weight excluding hydrogens is 228 g/mol. The quantitative estimate of drug-likeness (QED) is 0.419. The monoisotopic (exact) mass is 260 g/mol. The Bertz CT molecular complexity index is 135. The summed E-state index contributed by atoms with van der Waals surface area (Å²) in [7, 11) is 1.48. The Balaban J connectivity index is 3.11. The molecule has 0 saturated heterocycles. The summed E-state index contributed by atoms with van der Waals surface area (Å²) in [4.78, 5) is 0. The molecular formula is C12H32Si3. The zero-order chi connectivity index (χ0) is 11.6. The molecule has 3 heteroatoms. The van der Waals surface area contributed by atoms with Crippen LogP contribution in [0, 0.1) is 0 Å². The minimum absolute atomic E-state index is 0.469. The van der Waals surface area contributed by atoms with Crippen molar-refractivity contribution in [3.8, 4) is 0 Å². The molecule has 0 fully saturated rings. The second-order valence-corrected chi connectivity index (χ2v) is 25.5. The van der Waals surface area contributed by atoms with Gasteiger partial charge in [-0.2, -0.15) is 0 Å². The van der Waals surface area contributed by atoms with Gasteiger partial charge in [-0.1, -0.05) is 77.4 Å². The normalized spacial score (nSPS) is 13.0. The average Bonchev–Trinajstić information content (AvgIpc) is 2.22. The van der Waals surface area contributed by atoms with Gasteiger partial charge < -0.3 is 0 Å². The lowest BCUT2D eigenvalue weighted by molar-refractivity contribution is 0.584. The molecule has 0 aromatic carbocycles. The Morgan fingerprint density at radius 3 is 1.80 bits per heavy atom. The maximum absolute atomic E-state index is 2.63. The van der Waals surface area contributed by atoms with E-state index in [2.05, 4.69) is 20.0 Å². The van der Waals surface area contributed by atoms with Crippen molar-refractivity contribution in [3.05, 3.63) is 0 Å². The molecule has 0 rings (SSSR count). The predicted molar refractivity (Wildman–Crippen MR) is 83.4 cm³/mol. The summed E-state index contributed by atoms with van der Waals surface area (Å²) in [6.45, 7) is 7.56. The van der Waals surface area contributed by atoms with Crippen LogP contribution in [0.5, 0.6) is 0 Å². The molecule has 0 aliphatic rings. The van der Waals surface area contributed by atoms with E-state index in [4.69, 9.17) is 0 Å². The maximum atomic E-state index is 2.63. The van der Waals surface area contributed by atoms with Crippen molar-refractivity contribution in [2.24, 2.45) is 0 Å². The van der Waals surface area contributed by atoms with E-state index in [9.17, 15) is 0 Å². The van der Waals surface area contributed by atoms with E-state index in [0.717, 1.165) is 0 Å². The molecule has 0 aliphatic carbocycles. The Morgan fingerprint density at radius 2 is 1.33 bits per heavy atom. The Morgan fingerprint density at radius 1 is 0.867 bits per heavy atom. The van der Waals surface area contributed by atoms with E-state index >= 15 is 0 Å². The van der Waals surface area contributed by atoms with Gasteiger partial charge in [-0.25, -0.2) is 0 Å². The van der Waals surface area contributed by atoms with Crippen molar-refractivity contribution in [3.63, 3.8) is 0 Å². The molecule has 0 aromatic rings. The summed E-state index contributed by atoms with van der Waals surface area (Å²) >= 11 is 0. The van der Waals surface area contributed by atoms with Crippen LogP contribution >= 0.6 is 0 Å². The number of hydrogen-bond donors (Lipinski definition) is 0. The maximum Gasteiger partial charge on any atom is 0.0306 e. The molecule has 92 valence electrons. The van der Waals surface area contributed by atoms with E-state index in [0.29, 0.717) is 8.55 Å². The molecule has 0 spiro atoms. The van der Waals surface area contributed by atoms with Gasteiger partial charge in [0, 0.05) is 16.1 Å². The summed E-state index contributed by atoms with van der Waals surface area (Å²) < 4.78 is 0. The molecule has 0 saturated carbocycles.